The van der Waals surface area contributed by atoms with Crippen LogP contribution in [0, 0.1) is 13.8 Å². The number of anilines is 2. The van der Waals surface area contributed by atoms with Gasteiger partial charge in [0.2, 0.25) is 5.91 Å². The molecule has 1 aliphatic rings. The van der Waals surface area contributed by atoms with Crippen LogP contribution in [0.3, 0.4) is 0 Å². The third kappa shape index (κ3) is 3.33. The summed E-state index contributed by atoms with van der Waals surface area (Å²) in [6.45, 7) is 7.02. The summed E-state index contributed by atoms with van der Waals surface area (Å²) in [6, 6.07) is 7.81. The number of aromatic nitrogens is 2. The van der Waals surface area contributed by atoms with Gasteiger partial charge in [-0.3, -0.25) is 9.48 Å². The van der Waals surface area contributed by atoms with Crippen LogP contribution >= 0.6 is 11.6 Å². The monoisotopic (exact) mass is 347 g/mol. The van der Waals surface area contributed by atoms with Crippen molar-refractivity contribution < 1.29 is 4.79 Å². The van der Waals surface area contributed by atoms with Gasteiger partial charge in [-0.2, -0.15) is 5.10 Å². The van der Waals surface area contributed by atoms with Crippen LogP contribution in [-0.2, 0) is 11.3 Å². The standard InChI is InChI=1S/C17H22ClN5O/c1-12-17(19)13(2)23(20-12)11-16(24)22-9-7-21(8-10-22)15-5-3-14(18)4-6-15/h3-6H,7-11,19H2,1-2H3. The highest BCUT2D eigenvalue weighted by Crippen LogP contribution is 2.20. The lowest BCUT2D eigenvalue weighted by atomic mass is 10.2. The molecule has 2 heterocycles. The van der Waals surface area contributed by atoms with Crippen molar-refractivity contribution in [2.75, 3.05) is 36.8 Å². The summed E-state index contributed by atoms with van der Waals surface area (Å²) in [5.41, 5.74) is 9.34. The molecule has 0 radical (unpaired) electrons. The highest BCUT2D eigenvalue weighted by molar-refractivity contribution is 6.30. The zero-order chi connectivity index (χ0) is 17.3. The quantitative estimate of drug-likeness (QED) is 0.923. The van der Waals surface area contributed by atoms with Crippen molar-refractivity contribution in [2.45, 2.75) is 20.4 Å². The summed E-state index contributed by atoms with van der Waals surface area (Å²) in [4.78, 5) is 16.7. The number of hydrogen-bond donors (Lipinski definition) is 1. The van der Waals surface area contributed by atoms with E-state index in [1.165, 1.54) is 0 Å². The van der Waals surface area contributed by atoms with Gasteiger partial charge in [0.15, 0.2) is 0 Å². The van der Waals surface area contributed by atoms with Crippen LogP contribution in [0.2, 0.25) is 5.02 Å². The van der Waals surface area contributed by atoms with Gasteiger partial charge in [-0.15, -0.1) is 0 Å². The summed E-state index contributed by atoms with van der Waals surface area (Å²) in [7, 11) is 0. The van der Waals surface area contributed by atoms with Crippen molar-refractivity contribution in [3.05, 3.63) is 40.7 Å². The van der Waals surface area contributed by atoms with Crippen molar-refractivity contribution in [2.24, 2.45) is 0 Å². The van der Waals surface area contributed by atoms with E-state index in [9.17, 15) is 4.79 Å². The number of nitrogen functional groups attached to an aromatic ring is 1. The third-order valence-corrected chi connectivity index (χ3v) is 4.80. The van der Waals surface area contributed by atoms with Crippen LogP contribution in [-0.4, -0.2) is 46.8 Å². The van der Waals surface area contributed by atoms with Gasteiger partial charge in [-0.25, -0.2) is 0 Å². The Balaban J connectivity index is 1.59. The molecule has 0 atom stereocenters. The molecule has 24 heavy (non-hydrogen) atoms. The van der Waals surface area contributed by atoms with Gasteiger partial charge in [0.25, 0.3) is 0 Å². The molecule has 1 saturated heterocycles. The number of aryl methyl sites for hydroxylation is 1. The number of hydrogen-bond acceptors (Lipinski definition) is 4. The number of nitrogens with two attached hydrogens (primary N) is 1. The third-order valence-electron chi connectivity index (χ3n) is 4.55. The Hall–Kier alpha value is -2.21. The number of benzene rings is 1. The number of halogens is 1. The summed E-state index contributed by atoms with van der Waals surface area (Å²) in [5.74, 6) is 0.0800. The number of rotatable bonds is 3. The van der Waals surface area contributed by atoms with Crippen molar-refractivity contribution in [1.82, 2.24) is 14.7 Å². The molecule has 0 saturated carbocycles. The fraction of sp³-hybridized carbons (Fsp3) is 0.412. The fourth-order valence-corrected chi connectivity index (χ4v) is 3.08. The van der Waals surface area contributed by atoms with Gasteiger partial charge < -0.3 is 15.5 Å². The smallest absolute Gasteiger partial charge is 0.244 e. The lowest BCUT2D eigenvalue weighted by Gasteiger charge is -2.36. The minimum Gasteiger partial charge on any atom is -0.396 e. The highest BCUT2D eigenvalue weighted by Gasteiger charge is 2.22. The average molecular weight is 348 g/mol. The molecule has 1 amide bonds. The van der Waals surface area contributed by atoms with E-state index in [2.05, 4.69) is 10.00 Å². The lowest BCUT2D eigenvalue weighted by Crippen LogP contribution is -2.49. The maximum Gasteiger partial charge on any atom is 0.244 e. The first-order chi connectivity index (χ1) is 11.5. The Labute approximate surface area is 146 Å². The number of carbonyl (C=O) groups excluding carboxylic acids is 1. The first-order valence-electron chi connectivity index (χ1n) is 8.03. The normalized spacial score (nSPS) is 15.0. The molecule has 0 unspecified atom stereocenters. The molecule has 0 spiro atoms. The molecule has 6 nitrogen and oxygen atoms in total. The number of amides is 1. The Kier molecular flexibility index (Phi) is 4.66. The molecule has 3 rings (SSSR count). The van der Waals surface area contributed by atoms with E-state index in [4.69, 9.17) is 17.3 Å². The highest BCUT2D eigenvalue weighted by atomic mass is 35.5. The second-order valence-electron chi connectivity index (χ2n) is 6.09. The molecule has 2 aromatic rings. The zero-order valence-corrected chi connectivity index (χ0v) is 14.8. The van der Waals surface area contributed by atoms with Crippen LogP contribution in [0.15, 0.2) is 24.3 Å². The average Bonchev–Trinajstić information content (AvgIpc) is 2.83. The molecule has 7 heteroatoms. The summed E-state index contributed by atoms with van der Waals surface area (Å²) in [5, 5.41) is 5.07. The largest absolute Gasteiger partial charge is 0.396 e. The van der Waals surface area contributed by atoms with Crippen LogP contribution < -0.4 is 10.6 Å². The topological polar surface area (TPSA) is 67.4 Å². The second kappa shape index (κ2) is 6.73. The number of piperazine rings is 1. The predicted molar refractivity (Wildman–Crippen MR) is 96.4 cm³/mol. The minimum absolute atomic E-state index is 0.0800. The molecular weight excluding hydrogens is 326 g/mol. The minimum atomic E-state index is 0.0800. The van der Waals surface area contributed by atoms with Gasteiger partial charge in [0.1, 0.15) is 6.54 Å². The SMILES string of the molecule is Cc1nn(CC(=O)N2CCN(c3ccc(Cl)cc3)CC2)c(C)c1N. The van der Waals surface area contributed by atoms with Crippen molar-refractivity contribution >= 4 is 28.9 Å². The van der Waals surface area contributed by atoms with Crippen molar-refractivity contribution in [3.63, 3.8) is 0 Å². The van der Waals surface area contributed by atoms with Crippen LogP contribution in [0.25, 0.3) is 0 Å². The molecule has 128 valence electrons. The summed E-state index contributed by atoms with van der Waals surface area (Å²) < 4.78 is 1.69. The molecular formula is C17H22ClN5O. The molecule has 0 aliphatic carbocycles. The molecule has 2 N–H and O–H groups in total. The van der Waals surface area contributed by atoms with E-state index in [0.717, 1.165) is 35.2 Å². The van der Waals surface area contributed by atoms with E-state index < -0.39 is 0 Å². The first-order valence-corrected chi connectivity index (χ1v) is 8.41. The van der Waals surface area contributed by atoms with E-state index in [1.807, 2.05) is 43.0 Å². The molecule has 1 aliphatic heterocycles. The maximum absolute atomic E-state index is 12.5. The van der Waals surface area contributed by atoms with E-state index in [0.29, 0.717) is 18.8 Å². The Morgan fingerprint density at radius 2 is 1.79 bits per heavy atom. The molecule has 0 bridgehead atoms. The zero-order valence-electron chi connectivity index (χ0n) is 14.0. The maximum atomic E-state index is 12.5. The van der Waals surface area contributed by atoms with E-state index in [-0.39, 0.29) is 12.5 Å². The molecule has 1 fully saturated rings. The Morgan fingerprint density at radius 3 is 2.33 bits per heavy atom. The van der Waals surface area contributed by atoms with Gasteiger partial charge in [0, 0.05) is 36.9 Å². The first kappa shape index (κ1) is 16.6. The van der Waals surface area contributed by atoms with Crippen LogP contribution in [0.1, 0.15) is 11.4 Å². The predicted octanol–water partition coefficient (Wildman–Crippen LogP) is 2.08. The van der Waals surface area contributed by atoms with E-state index in [1.54, 1.807) is 4.68 Å². The van der Waals surface area contributed by atoms with Crippen molar-refractivity contribution in [1.29, 1.82) is 0 Å². The van der Waals surface area contributed by atoms with Crippen LogP contribution in [0.5, 0.6) is 0 Å². The second-order valence-corrected chi connectivity index (χ2v) is 6.52. The summed E-state index contributed by atoms with van der Waals surface area (Å²) >= 11 is 5.93. The van der Waals surface area contributed by atoms with E-state index >= 15 is 0 Å². The van der Waals surface area contributed by atoms with Crippen molar-refractivity contribution in [3.8, 4) is 0 Å². The van der Waals surface area contributed by atoms with Gasteiger partial charge >= 0.3 is 0 Å². The van der Waals surface area contributed by atoms with Gasteiger partial charge in [-0.05, 0) is 38.1 Å². The van der Waals surface area contributed by atoms with Gasteiger partial charge in [-0.1, -0.05) is 11.6 Å². The van der Waals surface area contributed by atoms with Crippen LogP contribution in [0.4, 0.5) is 11.4 Å². The Bertz CT molecular complexity index is 732. The number of carbonyl (C=O) groups is 1. The number of nitrogens with zero attached hydrogens (tertiary/aromatic N) is 4. The summed E-state index contributed by atoms with van der Waals surface area (Å²) in [6.07, 6.45) is 0. The lowest BCUT2D eigenvalue weighted by molar-refractivity contribution is -0.132. The molecule has 1 aromatic carbocycles. The fourth-order valence-electron chi connectivity index (χ4n) is 2.96. The Morgan fingerprint density at radius 1 is 1.17 bits per heavy atom. The van der Waals surface area contributed by atoms with Gasteiger partial charge in [0.05, 0.1) is 17.1 Å². The molecule has 1 aromatic heterocycles.